The minimum absolute atomic E-state index is 0.0327. The molecule has 0 aromatic heterocycles. The van der Waals surface area contributed by atoms with Crippen LogP contribution in [0.25, 0.3) is 0 Å². The third-order valence-corrected chi connectivity index (χ3v) is 5.07. The normalized spacial score (nSPS) is 13.5. The summed E-state index contributed by atoms with van der Waals surface area (Å²) in [5.74, 6) is -1.14. The number of nitrogens with two attached hydrogens (primary N) is 1. The Morgan fingerprint density at radius 3 is 2.35 bits per heavy atom. The SMILES string of the molecule is NC(CCC(=O)NC(CSSCCS)C(=O)O)C(=O)O. The molecule has 2 atom stereocenters. The lowest BCUT2D eigenvalue weighted by molar-refractivity contribution is -0.141. The molecule has 0 aromatic carbocycles. The van der Waals surface area contributed by atoms with Crippen molar-refractivity contribution >= 4 is 52.1 Å². The molecular weight excluding hydrogens is 324 g/mol. The van der Waals surface area contributed by atoms with Gasteiger partial charge in [0.2, 0.25) is 5.91 Å². The Bertz CT molecular complexity index is 343. The Morgan fingerprint density at radius 1 is 1.20 bits per heavy atom. The average Bonchev–Trinajstić information content (AvgIpc) is 2.39. The summed E-state index contributed by atoms with van der Waals surface area (Å²) in [5.41, 5.74) is 5.26. The molecule has 0 saturated carbocycles. The number of amides is 1. The number of carbonyl (C=O) groups excluding carboxylic acids is 1. The third kappa shape index (κ3) is 9.34. The fourth-order valence-corrected chi connectivity index (χ4v) is 3.66. The smallest absolute Gasteiger partial charge is 0.327 e. The van der Waals surface area contributed by atoms with E-state index in [0.29, 0.717) is 5.75 Å². The summed E-state index contributed by atoms with van der Waals surface area (Å²) in [6, 6.07) is -2.12. The second-order valence-electron chi connectivity index (χ2n) is 3.77. The predicted molar refractivity (Wildman–Crippen MR) is 83.2 cm³/mol. The minimum Gasteiger partial charge on any atom is -0.480 e. The van der Waals surface area contributed by atoms with E-state index in [9.17, 15) is 14.4 Å². The van der Waals surface area contributed by atoms with Crippen LogP contribution in [0, 0.1) is 0 Å². The first-order valence-electron chi connectivity index (χ1n) is 5.74. The number of nitrogens with one attached hydrogen (secondary N) is 1. The molecule has 0 spiro atoms. The highest BCUT2D eigenvalue weighted by molar-refractivity contribution is 8.76. The molecule has 1 amide bonds. The zero-order valence-electron chi connectivity index (χ0n) is 10.7. The molecule has 0 aliphatic carbocycles. The molecule has 2 unspecified atom stereocenters. The van der Waals surface area contributed by atoms with E-state index in [0.717, 1.165) is 5.75 Å². The van der Waals surface area contributed by atoms with E-state index >= 15 is 0 Å². The molecule has 5 N–H and O–H groups in total. The summed E-state index contributed by atoms with van der Waals surface area (Å²) in [6.07, 6.45) is -0.152. The number of aliphatic carboxylic acids is 2. The van der Waals surface area contributed by atoms with E-state index in [1.165, 1.54) is 21.6 Å². The number of hydrogen-bond donors (Lipinski definition) is 5. The lowest BCUT2D eigenvalue weighted by Gasteiger charge is -2.14. The molecule has 0 fully saturated rings. The maximum atomic E-state index is 11.5. The van der Waals surface area contributed by atoms with Crippen molar-refractivity contribution < 1.29 is 24.6 Å². The first-order chi connectivity index (χ1) is 9.38. The largest absolute Gasteiger partial charge is 0.480 e. The van der Waals surface area contributed by atoms with Gasteiger partial charge in [0, 0.05) is 23.7 Å². The zero-order valence-corrected chi connectivity index (χ0v) is 13.2. The minimum atomic E-state index is -1.19. The Hall–Kier alpha value is -0.580. The summed E-state index contributed by atoms with van der Waals surface area (Å²) < 4.78 is 0. The van der Waals surface area contributed by atoms with Gasteiger partial charge >= 0.3 is 11.9 Å². The van der Waals surface area contributed by atoms with Crippen LogP contribution >= 0.6 is 34.2 Å². The Kier molecular flexibility index (Phi) is 10.8. The molecule has 0 radical (unpaired) electrons. The van der Waals surface area contributed by atoms with Crippen LogP contribution in [-0.2, 0) is 14.4 Å². The summed E-state index contributed by atoms with van der Waals surface area (Å²) in [5, 5.41) is 19.9. The zero-order chi connectivity index (χ0) is 15.5. The third-order valence-electron chi connectivity index (χ3n) is 2.13. The fraction of sp³-hybridized carbons (Fsp3) is 0.700. The molecular formula is C10H18N2O5S3. The molecule has 0 rings (SSSR count). The van der Waals surface area contributed by atoms with Crippen LogP contribution in [0.3, 0.4) is 0 Å². The maximum Gasteiger partial charge on any atom is 0.327 e. The predicted octanol–water partition coefficient (Wildman–Crippen LogP) is 0.0591. The van der Waals surface area contributed by atoms with Gasteiger partial charge in [0.15, 0.2) is 0 Å². The summed E-state index contributed by atoms with van der Waals surface area (Å²) in [6.45, 7) is 0. The van der Waals surface area contributed by atoms with E-state index in [1.54, 1.807) is 0 Å². The quantitative estimate of drug-likeness (QED) is 0.202. The highest BCUT2D eigenvalue weighted by atomic mass is 33.1. The van der Waals surface area contributed by atoms with Crippen LogP contribution in [0.2, 0.25) is 0 Å². The van der Waals surface area contributed by atoms with Crippen molar-refractivity contribution in [3.8, 4) is 0 Å². The van der Waals surface area contributed by atoms with Crippen molar-refractivity contribution in [2.45, 2.75) is 24.9 Å². The summed E-state index contributed by atoms with van der Waals surface area (Å²) in [7, 11) is 2.82. The first kappa shape index (κ1) is 19.4. The maximum absolute atomic E-state index is 11.5. The van der Waals surface area contributed by atoms with Crippen molar-refractivity contribution in [1.29, 1.82) is 0 Å². The van der Waals surface area contributed by atoms with Crippen LogP contribution in [-0.4, -0.2) is 57.4 Å². The molecule has 0 heterocycles. The second-order valence-corrected chi connectivity index (χ2v) is 6.85. The number of carbonyl (C=O) groups is 3. The highest BCUT2D eigenvalue weighted by Gasteiger charge is 2.21. The van der Waals surface area contributed by atoms with Gasteiger partial charge < -0.3 is 21.3 Å². The molecule has 0 aromatic rings. The van der Waals surface area contributed by atoms with E-state index in [1.807, 2.05) is 0 Å². The monoisotopic (exact) mass is 342 g/mol. The van der Waals surface area contributed by atoms with Gasteiger partial charge in [-0.15, -0.1) is 0 Å². The van der Waals surface area contributed by atoms with Gasteiger partial charge in [-0.3, -0.25) is 9.59 Å². The molecule has 7 nitrogen and oxygen atoms in total. The lowest BCUT2D eigenvalue weighted by atomic mass is 10.1. The van der Waals surface area contributed by atoms with Gasteiger partial charge in [-0.2, -0.15) is 12.6 Å². The number of rotatable bonds is 11. The number of thiol groups is 1. The molecule has 20 heavy (non-hydrogen) atoms. The van der Waals surface area contributed by atoms with Gasteiger partial charge in [0.05, 0.1) is 0 Å². The standard InChI is InChI=1S/C10H18N2O5S3/c11-6(9(14)15)1-2-8(13)12-7(10(16)17)5-20-19-4-3-18/h6-7,18H,1-5,11H2,(H,12,13)(H,14,15)(H,16,17). The Labute approximate surface area is 130 Å². The topological polar surface area (TPSA) is 130 Å². The second kappa shape index (κ2) is 11.1. The molecule has 0 aliphatic rings. The van der Waals surface area contributed by atoms with Crippen LogP contribution in [0.5, 0.6) is 0 Å². The van der Waals surface area contributed by atoms with Crippen molar-refractivity contribution in [2.24, 2.45) is 5.73 Å². The van der Waals surface area contributed by atoms with E-state index in [-0.39, 0.29) is 18.6 Å². The van der Waals surface area contributed by atoms with Gasteiger partial charge in [-0.05, 0) is 6.42 Å². The van der Waals surface area contributed by atoms with Gasteiger partial charge in [0.1, 0.15) is 12.1 Å². The molecule has 10 heteroatoms. The van der Waals surface area contributed by atoms with Crippen molar-refractivity contribution in [3.05, 3.63) is 0 Å². The summed E-state index contributed by atoms with van der Waals surface area (Å²) in [4.78, 5) is 33.0. The number of carboxylic acid groups (broad SMARTS) is 2. The van der Waals surface area contributed by atoms with Crippen molar-refractivity contribution in [2.75, 3.05) is 17.3 Å². The van der Waals surface area contributed by atoms with Crippen LogP contribution in [0.4, 0.5) is 0 Å². The van der Waals surface area contributed by atoms with Gasteiger partial charge in [0.25, 0.3) is 0 Å². The van der Waals surface area contributed by atoms with Crippen molar-refractivity contribution in [1.82, 2.24) is 5.32 Å². The fourth-order valence-electron chi connectivity index (χ4n) is 1.06. The lowest BCUT2D eigenvalue weighted by Crippen LogP contribution is -2.43. The van der Waals surface area contributed by atoms with Crippen LogP contribution in [0.1, 0.15) is 12.8 Å². The summed E-state index contributed by atoms with van der Waals surface area (Å²) >= 11 is 4.02. The highest BCUT2D eigenvalue weighted by Crippen LogP contribution is 2.22. The van der Waals surface area contributed by atoms with Crippen LogP contribution in [0.15, 0.2) is 0 Å². The van der Waals surface area contributed by atoms with Gasteiger partial charge in [-0.25, -0.2) is 4.79 Å². The van der Waals surface area contributed by atoms with Crippen molar-refractivity contribution in [3.63, 3.8) is 0 Å². The average molecular weight is 342 g/mol. The molecule has 0 aliphatic heterocycles. The first-order valence-corrected chi connectivity index (χ1v) is 8.86. The van der Waals surface area contributed by atoms with E-state index < -0.39 is 29.9 Å². The number of hydrogen-bond acceptors (Lipinski definition) is 7. The molecule has 0 saturated heterocycles. The van der Waals surface area contributed by atoms with Crippen LogP contribution < -0.4 is 11.1 Å². The Morgan fingerprint density at radius 2 is 1.85 bits per heavy atom. The molecule has 116 valence electrons. The Balaban J connectivity index is 4.07. The van der Waals surface area contributed by atoms with Gasteiger partial charge in [-0.1, -0.05) is 21.6 Å². The molecule has 0 bridgehead atoms. The van der Waals surface area contributed by atoms with E-state index in [4.69, 9.17) is 15.9 Å². The number of carboxylic acids is 2. The van der Waals surface area contributed by atoms with E-state index in [2.05, 4.69) is 17.9 Å².